The number of pyridine rings is 1. The van der Waals surface area contributed by atoms with Crippen LogP contribution in [-0.4, -0.2) is 36.4 Å². The largest absolute Gasteiger partial charge is 0.497 e. The topological polar surface area (TPSA) is 77.9 Å². The molecular weight excluding hydrogens is 537 g/mol. The van der Waals surface area contributed by atoms with Crippen LogP contribution in [0.3, 0.4) is 0 Å². The van der Waals surface area contributed by atoms with Gasteiger partial charge in [-0.3, -0.25) is 0 Å². The quantitative estimate of drug-likeness (QED) is 0.199. The fraction of sp³-hybridized carbons (Fsp3) is 0.226. The summed E-state index contributed by atoms with van der Waals surface area (Å²) in [4.78, 5) is 16.4. The first-order valence-corrected chi connectivity index (χ1v) is 13.4. The summed E-state index contributed by atoms with van der Waals surface area (Å²) in [5.74, 6) is 0.190. The molecule has 0 aliphatic heterocycles. The van der Waals surface area contributed by atoms with E-state index in [1.807, 2.05) is 54.6 Å². The van der Waals surface area contributed by atoms with Gasteiger partial charge in [-0.15, -0.1) is 0 Å². The number of fused-ring (bicyclic) bond motifs is 1. The van der Waals surface area contributed by atoms with Crippen molar-refractivity contribution in [2.75, 3.05) is 20.3 Å². The summed E-state index contributed by atoms with van der Waals surface area (Å²) in [5, 5.41) is 11.5. The van der Waals surface area contributed by atoms with E-state index in [1.54, 1.807) is 18.2 Å². The molecule has 1 aliphatic carbocycles. The van der Waals surface area contributed by atoms with Gasteiger partial charge in [0.2, 0.25) is 0 Å². The Morgan fingerprint density at radius 2 is 1.90 bits per heavy atom. The molecule has 1 saturated carbocycles. The molecule has 39 heavy (non-hydrogen) atoms. The Morgan fingerprint density at radius 1 is 1.08 bits per heavy atom. The minimum Gasteiger partial charge on any atom is -0.497 e. The van der Waals surface area contributed by atoms with Gasteiger partial charge in [0.15, 0.2) is 0 Å². The zero-order valence-corrected chi connectivity index (χ0v) is 22.8. The number of rotatable bonds is 11. The van der Waals surface area contributed by atoms with Gasteiger partial charge in [0.05, 0.1) is 35.0 Å². The van der Waals surface area contributed by atoms with Gasteiger partial charge in [-0.05, 0) is 72.4 Å². The molecule has 3 aromatic carbocycles. The average molecular weight is 564 g/mol. The first-order valence-electron chi connectivity index (χ1n) is 12.6. The molecule has 1 aromatic heterocycles. The number of aromatic carboxylic acids is 1. The van der Waals surface area contributed by atoms with Crippen LogP contribution in [0.4, 0.5) is 0 Å². The summed E-state index contributed by atoms with van der Waals surface area (Å²) in [5.41, 5.74) is 3.34. The van der Waals surface area contributed by atoms with Gasteiger partial charge in [-0.1, -0.05) is 59.6 Å². The van der Waals surface area contributed by atoms with Crippen LogP contribution >= 0.6 is 23.2 Å². The predicted octanol–water partition coefficient (Wildman–Crippen LogP) is 7.97. The number of nitrogens with zero attached hydrogens (tertiary/aromatic N) is 1. The maximum absolute atomic E-state index is 11.8. The molecule has 1 N–H and O–H groups in total. The molecule has 5 rings (SSSR count). The third-order valence-electron chi connectivity index (χ3n) is 6.54. The summed E-state index contributed by atoms with van der Waals surface area (Å²) in [6.45, 7) is 0.796. The standard InChI is InChI=1S/C31H27Cl2NO5/c1-37-24-12-14-27(25(16-24)31(35)36)39-18-28(38-17-20-5-6-20)22-4-2-3-19(15-22)7-10-23-11-8-21-9-13-26(32)29(33)30(21)34-23/h2-4,7-16,20,28H,5-6,17-18H2,1H3,(H,35,36)/b10-7+/t28-/m0/s1. The smallest absolute Gasteiger partial charge is 0.339 e. The molecule has 1 aliphatic rings. The fourth-order valence-corrected chi connectivity index (χ4v) is 4.52. The molecule has 1 heterocycles. The Balaban J connectivity index is 1.36. The number of aromatic nitrogens is 1. The summed E-state index contributed by atoms with van der Waals surface area (Å²) >= 11 is 12.5. The molecule has 4 aromatic rings. The van der Waals surface area contributed by atoms with Crippen molar-refractivity contribution in [3.8, 4) is 11.5 Å². The third kappa shape index (κ3) is 6.71. The van der Waals surface area contributed by atoms with Gasteiger partial charge in [0.1, 0.15) is 29.8 Å². The SMILES string of the molecule is COc1ccc(OC[C@H](OCC2CC2)c2cccc(/C=C/c3ccc4ccc(Cl)c(Cl)c4n3)c2)c(C(=O)O)c1. The van der Waals surface area contributed by atoms with E-state index in [9.17, 15) is 9.90 Å². The third-order valence-corrected chi connectivity index (χ3v) is 7.34. The van der Waals surface area contributed by atoms with E-state index >= 15 is 0 Å². The highest BCUT2D eigenvalue weighted by Gasteiger charge is 2.25. The summed E-state index contributed by atoms with van der Waals surface area (Å²) < 4.78 is 17.4. The van der Waals surface area contributed by atoms with E-state index in [0.29, 0.717) is 33.8 Å². The van der Waals surface area contributed by atoms with Crippen LogP contribution in [0.2, 0.25) is 10.0 Å². The highest BCUT2D eigenvalue weighted by atomic mass is 35.5. The number of carbonyl (C=O) groups is 1. The lowest BCUT2D eigenvalue weighted by atomic mass is 10.1. The van der Waals surface area contributed by atoms with E-state index in [2.05, 4.69) is 4.98 Å². The normalized spacial score (nSPS) is 14.0. The van der Waals surface area contributed by atoms with Gasteiger partial charge >= 0.3 is 5.97 Å². The first kappa shape index (κ1) is 27.0. The Hall–Kier alpha value is -3.58. The predicted molar refractivity (Wildman–Crippen MR) is 154 cm³/mol. The van der Waals surface area contributed by atoms with Crippen LogP contribution in [0, 0.1) is 5.92 Å². The molecule has 8 heteroatoms. The fourth-order valence-electron chi connectivity index (χ4n) is 4.15. The molecule has 1 fully saturated rings. The first-order chi connectivity index (χ1) is 18.9. The van der Waals surface area contributed by atoms with Crippen LogP contribution in [0.25, 0.3) is 23.1 Å². The minimum absolute atomic E-state index is 0.0382. The summed E-state index contributed by atoms with van der Waals surface area (Å²) in [6.07, 6.45) is 5.84. The molecule has 200 valence electrons. The molecule has 1 atom stereocenters. The van der Waals surface area contributed by atoms with Gasteiger partial charge in [0.25, 0.3) is 0 Å². The van der Waals surface area contributed by atoms with Gasteiger partial charge in [-0.2, -0.15) is 0 Å². The maximum atomic E-state index is 11.8. The number of halogens is 2. The van der Waals surface area contributed by atoms with Crippen LogP contribution in [-0.2, 0) is 4.74 Å². The number of hydrogen-bond acceptors (Lipinski definition) is 5. The van der Waals surface area contributed by atoms with Crippen molar-refractivity contribution in [3.63, 3.8) is 0 Å². The highest BCUT2D eigenvalue weighted by Crippen LogP contribution is 2.33. The van der Waals surface area contributed by atoms with Crippen molar-refractivity contribution in [2.45, 2.75) is 18.9 Å². The zero-order chi connectivity index (χ0) is 27.4. The van der Waals surface area contributed by atoms with E-state index in [-0.39, 0.29) is 24.0 Å². The lowest BCUT2D eigenvalue weighted by Crippen LogP contribution is -2.16. The van der Waals surface area contributed by atoms with Crippen LogP contribution in [0.15, 0.2) is 66.7 Å². The van der Waals surface area contributed by atoms with Crippen molar-refractivity contribution >= 4 is 52.2 Å². The van der Waals surface area contributed by atoms with E-state index in [1.165, 1.54) is 13.2 Å². The number of benzene rings is 3. The Labute approximate surface area is 236 Å². The number of methoxy groups -OCH3 is 1. The molecule has 6 nitrogen and oxygen atoms in total. The molecule has 0 spiro atoms. The van der Waals surface area contributed by atoms with Crippen molar-refractivity contribution in [2.24, 2.45) is 5.92 Å². The van der Waals surface area contributed by atoms with Gasteiger partial charge < -0.3 is 19.3 Å². The van der Waals surface area contributed by atoms with Crippen molar-refractivity contribution in [1.29, 1.82) is 0 Å². The Morgan fingerprint density at radius 3 is 2.67 bits per heavy atom. The van der Waals surface area contributed by atoms with Crippen molar-refractivity contribution < 1.29 is 24.1 Å². The molecule has 0 radical (unpaired) electrons. The second-order valence-corrected chi connectivity index (χ2v) is 10.2. The molecule has 0 unspecified atom stereocenters. The molecule has 0 amide bonds. The lowest BCUT2D eigenvalue weighted by Gasteiger charge is -2.20. The molecular formula is C31H27Cl2NO5. The number of hydrogen-bond donors (Lipinski definition) is 1. The summed E-state index contributed by atoms with van der Waals surface area (Å²) in [7, 11) is 1.49. The Kier molecular flexibility index (Phi) is 8.36. The van der Waals surface area contributed by atoms with Crippen molar-refractivity contribution in [1.82, 2.24) is 4.98 Å². The lowest BCUT2D eigenvalue weighted by molar-refractivity contribution is 0.0128. The molecule has 0 saturated heterocycles. The van der Waals surface area contributed by atoms with Gasteiger partial charge in [-0.25, -0.2) is 9.78 Å². The highest BCUT2D eigenvalue weighted by molar-refractivity contribution is 6.45. The zero-order valence-electron chi connectivity index (χ0n) is 21.3. The molecule has 0 bridgehead atoms. The van der Waals surface area contributed by atoms with E-state index < -0.39 is 5.97 Å². The van der Waals surface area contributed by atoms with Crippen LogP contribution in [0.1, 0.15) is 46.1 Å². The van der Waals surface area contributed by atoms with Crippen molar-refractivity contribution in [3.05, 3.63) is 99.2 Å². The Bertz CT molecular complexity index is 1530. The van der Waals surface area contributed by atoms with Gasteiger partial charge in [0, 0.05) is 5.39 Å². The second-order valence-electron chi connectivity index (χ2n) is 9.42. The number of ether oxygens (including phenoxy) is 3. The minimum atomic E-state index is -1.09. The van der Waals surface area contributed by atoms with E-state index in [0.717, 1.165) is 35.0 Å². The summed E-state index contributed by atoms with van der Waals surface area (Å²) in [6, 6.07) is 20.3. The van der Waals surface area contributed by atoms with Crippen LogP contribution in [0.5, 0.6) is 11.5 Å². The monoisotopic (exact) mass is 563 g/mol. The second kappa shape index (κ2) is 12.1. The number of carboxylic acids is 1. The van der Waals surface area contributed by atoms with Crippen LogP contribution < -0.4 is 9.47 Å². The maximum Gasteiger partial charge on any atom is 0.339 e. The average Bonchev–Trinajstić information content (AvgIpc) is 3.79. The van der Waals surface area contributed by atoms with E-state index in [4.69, 9.17) is 37.4 Å². The number of carboxylic acid groups (broad SMARTS) is 1.